The van der Waals surface area contributed by atoms with Crippen LogP contribution in [0.1, 0.15) is 12.5 Å². The maximum atomic E-state index is 5.25. The Labute approximate surface area is 93.8 Å². The van der Waals surface area contributed by atoms with Crippen LogP contribution in [0.3, 0.4) is 0 Å². The van der Waals surface area contributed by atoms with Crippen LogP contribution in [0.25, 0.3) is 0 Å². The van der Waals surface area contributed by atoms with Gasteiger partial charge in [-0.1, -0.05) is 22.0 Å². The second-order valence-corrected chi connectivity index (χ2v) is 4.00. The van der Waals surface area contributed by atoms with Gasteiger partial charge in [0.05, 0.1) is 6.61 Å². The van der Waals surface area contributed by atoms with Crippen molar-refractivity contribution < 1.29 is 4.74 Å². The second-order valence-electron chi connectivity index (χ2n) is 3.08. The summed E-state index contributed by atoms with van der Waals surface area (Å²) in [4.78, 5) is 0. The maximum absolute atomic E-state index is 5.25. The molecule has 3 heteroatoms. The number of nitrogens with one attached hydrogen (secondary N) is 1. The van der Waals surface area contributed by atoms with Crippen LogP contribution in [0.2, 0.25) is 0 Å². The molecule has 1 aromatic carbocycles. The molecule has 0 aliphatic heterocycles. The van der Waals surface area contributed by atoms with Crippen LogP contribution >= 0.6 is 15.9 Å². The number of hydrogen-bond donors (Lipinski definition) is 1. The van der Waals surface area contributed by atoms with Gasteiger partial charge in [-0.2, -0.15) is 0 Å². The molecule has 0 aromatic heterocycles. The molecule has 0 atom stereocenters. The Hall–Kier alpha value is -0.540. The summed E-state index contributed by atoms with van der Waals surface area (Å²) in [5, 5.41) is 3.33. The number of halogens is 1. The topological polar surface area (TPSA) is 21.3 Å². The summed E-state index contributed by atoms with van der Waals surface area (Å²) in [6.45, 7) is 6.48. The maximum Gasteiger partial charge on any atom is 0.0638 e. The van der Waals surface area contributed by atoms with Crippen molar-refractivity contribution in [3.05, 3.63) is 28.2 Å². The molecule has 0 aliphatic rings. The third kappa shape index (κ3) is 3.68. The van der Waals surface area contributed by atoms with E-state index in [4.69, 9.17) is 4.74 Å². The lowest BCUT2D eigenvalue weighted by Crippen LogP contribution is -2.09. The lowest BCUT2D eigenvalue weighted by atomic mass is 10.2. The first-order chi connectivity index (χ1) is 6.74. The molecule has 14 heavy (non-hydrogen) atoms. The smallest absolute Gasteiger partial charge is 0.0638 e. The summed E-state index contributed by atoms with van der Waals surface area (Å²) < 4.78 is 6.35. The van der Waals surface area contributed by atoms with Gasteiger partial charge in [0.15, 0.2) is 0 Å². The standard InChI is InChI=1S/C11H16BrNO/c1-3-14-7-6-13-11-8-10(12)5-4-9(11)2/h4-5,8,13H,3,6-7H2,1-2H3. The molecule has 78 valence electrons. The molecular formula is C11H16BrNO. The summed E-state index contributed by atoms with van der Waals surface area (Å²) in [7, 11) is 0. The summed E-state index contributed by atoms with van der Waals surface area (Å²) >= 11 is 3.45. The van der Waals surface area contributed by atoms with Gasteiger partial charge in [0.2, 0.25) is 0 Å². The van der Waals surface area contributed by atoms with Crippen LogP contribution in [0, 0.1) is 6.92 Å². The molecule has 0 bridgehead atoms. The lowest BCUT2D eigenvalue weighted by molar-refractivity contribution is 0.158. The highest BCUT2D eigenvalue weighted by atomic mass is 79.9. The monoisotopic (exact) mass is 257 g/mol. The molecule has 1 rings (SSSR count). The van der Waals surface area contributed by atoms with E-state index in [-0.39, 0.29) is 0 Å². The Morgan fingerprint density at radius 2 is 2.21 bits per heavy atom. The summed E-state index contributed by atoms with van der Waals surface area (Å²) in [5.41, 5.74) is 2.42. The van der Waals surface area contributed by atoms with Crippen LogP contribution in [-0.2, 0) is 4.74 Å². The fraction of sp³-hybridized carbons (Fsp3) is 0.455. The predicted molar refractivity (Wildman–Crippen MR) is 63.9 cm³/mol. The minimum absolute atomic E-state index is 0.752. The first-order valence-corrected chi connectivity index (χ1v) is 5.61. The van der Waals surface area contributed by atoms with E-state index in [2.05, 4.69) is 40.3 Å². The number of rotatable bonds is 5. The van der Waals surface area contributed by atoms with E-state index < -0.39 is 0 Å². The molecule has 2 nitrogen and oxygen atoms in total. The molecule has 1 aromatic rings. The molecule has 0 amide bonds. The van der Waals surface area contributed by atoms with E-state index in [0.717, 1.165) is 24.2 Å². The van der Waals surface area contributed by atoms with Crippen molar-refractivity contribution in [1.82, 2.24) is 0 Å². The highest BCUT2D eigenvalue weighted by Crippen LogP contribution is 2.20. The molecule has 0 heterocycles. The number of benzene rings is 1. The van der Waals surface area contributed by atoms with Crippen LogP contribution in [0.15, 0.2) is 22.7 Å². The Morgan fingerprint density at radius 1 is 1.43 bits per heavy atom. The van der Waals surface area contributed by atoms with Crippen molar-refractivity contribution in [2.45, 2.75) is 13.8 Å². The fourth-order valence-electron chi connectivity index (χ4n) is 1.19. The van der Waals surface area contributed by atoms with Crippen molar-refractivity contribution in [2.75, 3.05) is 25.1 Å². The number of aryl methyl sites for hydroxylation is 1. The van der Waals surface area contributed by atoms with Crippen LogP contribution in [0.4, 0.5) is 5.69 Å². The van der Waals surface area contributed by atoms with Crippen LogP contribution < -0.4 is 5.32 Å². The molecule has 0 fully saturated rings. The van der Waals surface area contributed by atoms with Gasteiger partial charge in [0, 0.05) is 23.3 Å². The third-order valence-electron chi connectivity index (χ3n) is 1.97. The number of hydrogen-bond acceptors (Lipinski definition) is 2. The van der Waals surface area contributed by atoms with E-state index in [0.29, 0.717) is 0 Å². The Bertz CT molecular complexity index is 289. The molecule has 0 radical (unpaired) electrons. The first kappa shape index (κ1) is 11.5. The van der Waals surface area contributed by atoms with Gasteiger partial charge in [-0.05, 0) is 31.5 Å². The summed E-state index contributed by atoms with van der Waals surface area (Å²) in [6.07, 6.45) is 0. The van der Waals surface area contributed by atoms with Gasteiger partial charge >= 0.3 is 0 Å². The van der Waals surface area contributed by atoms with Crippen molar-refractivity contribution in [3.63, 3.8) is 0 Å². The van der Waals surface area contributed by atoms with Gasteiger partial charge in [-0.3, -0.25) is 0 Å². The second kappa shape index (κ2) is 6.04. The molecule has 0 saturated heterocycles. The molecule has 0 saturated carbocycles. The highest BCUT2D eigenvalue weighted by molar-refractivity contribution is 9.10. The van der Waals surface area contributed by atoms with Crippen molar-refractivity contribution >= 4 is 21.6 Å². The van der Waals surface area contributed by atoms with Gasteiger partial charge in [-0.15, -0.1) is 0 Å². The van der Waals surface area contributed by atoms with E-state index in [1.54, 1.807) is 0 Å². The normalized spacial score (nSPS) is 10.2. The number of ether oxygens (including phenoxy) is 1. The van der Waals surface area contributed by atoms with E-state index in [1.165, 1.54) is 11.3 Å². The molecule has 1 N–H and O–H groups in total. The zero-order valence-electron chi connectivity index (χ0n) is 8.64. The summed E-state index contributed by atoms with van der Waals surface area (Å²) in [6, 6.07) is 6.22. The van der Waals surface area contributed by atoms with E-state index in [9.17, 15) is 0 Å². The quantitative estimate of drug-likeness (QED) is 0.819. The predicted octanol–water partition coefficient (Wildman–Crippen LogP) is 3.21. The average Bonchev–Trinajstić information content (AvgIpc) is 2.18. The van der Waals surface area contributed by atoms with Crippen LogP contribution in [0.5, 0.6) is 0 Å². The minimum atomic E-state index is 0.752. The van der Waals surface area contributed by atoms with E-state index >= 15 is 0 Å². The van der Waals surface area contributed by atoms with E-state index in [1.807, 2.05) is 13.0 Å². The Morgan fingerprint density at radius 3 is 2.93 bits per heavy atom. The van der Waals surface area contributed by atoms with Crippen molar-refractivity contribution in [2.24, 2.45) is 0 Å². The number of anilines is 1. The van der Waals surface area contributed by atoms with Crippen LogP contribution in [-0.4, -0.2) is 19.8 Å². The van der Waals surface area contributed by atoms with Gasteiger partial charge in [0.25, 0.3) is 0 Å². The third-order valence-corrected chi connectivity index (χ3v) is 2.46. The van der Waals surface area contributed by atoms with Gasteiger partial charge in [-0.25, -0.2) is 0 Å². The highest BCUT2D eigenvalue weighted by Gasteiger charge is 1.97. The zero-order chi connectivity index (χ0) is 10.4. The molecule has 0 aliphatic carbocycles. The lowest BCUT2D eigenvalue weighted by Gasteiger charge is -2.09. The largest absolute Gasteiger partial charge is 0.382 e. The molecule has 0 unspecified atom stereocenters. The van der Waals surface area contributed by atoms with Gasteiger partial charge in [0.1, 0.15) is 0 Å². The summed E-state index contributed by atoms with van der Waals surface area (Å²) in [5.74, 6) is 0. The van der Waals surface area contributed by atoms with Gasteiger partial charge < -0.3 is 10.1 Å². The van der Waals surface area contributed by atoms with Crippen molar-refractivity contribution in [3.8, 4) is 0 Å². The zero-order valence-corrected chi connectivity index (χ0v) is 10.2. The SMILES string of the molecule is CCOCCNc1cc(Br)ccc1C. The Kier molecular flexibility index (Phi) is 4.98. The fourth-order valence-corrected chi connectivity index (χ4v) is 1.55. The first-order valence-electron chi connectivity index (χ1n) is 4.82. The van der Waals surface area contributed by atoms with Crippen molar-refractivity contribution in [1.29, 1.82) is 0 Å². The Balaban J connectivity index is 2.45. The molecule has 0 spiro atoms. The minimum Gasteiger partial charge on any atom is -0.382 e. The molecular weight excluding hydrogens is 242 g/mol. The average molecular weight is 258 g/mol.